The summed E-state index contributed by atoms with van der Waals surface area (Å²) in [6.45, 7) is 1.15. The lowest BCUT2D eigenvalue weighted by Gasteiger charge is -2.27. The Morgan fingerprint density at radius 3 is 2.33 bits per heavy atom. The molecule has 0 unspecified atom stereocenters. The van der Waals surface area contributed by atoms with Gasteiger partial charge in [-0.1, -0.05) is 24.3 Å². The third-order valence-electron chi connectivity index (χ3n) is 4.07. The molecule has 3 nitrogen and oxygen atoms in total. The van der Waals surface area contributed by atoms with E-state index < -0.39 is 5.97 Å². The third-order valence-corrected chi connectivity index (χ3v) is 4.07. The van der Waals surface area contributed by atoms with Gasteiger partial charge in [-0.25, -0.2) is 0 Å². The molecule has 0 radical (unpaired) electrons. The molecule has 2 aliphatic carbocycles. The van der Waals surface area contributed by atoms with Gasteiger partial charge in [-0.05, 0) is 42.7 Å². The summed E-state index contributed by atoms with van der Waals surface area (Å²) in [6, 6.07) is 8.88. The van der Waals surface area contributed by atoms with Crippen LogP contribution in [-0.2, 0) is 17.6 Å². The Kier molecular flexibility index (Phi) is 3.08. The number of fused-ring (bicyclic) bond motifs is 1. The van der Waals surface area contributed by atoms with Crippen LogP contribution in [0.1, 0.15) is 24.0 Å². The van der Waals surface area contributed by atoms with Crippen LogP contribution in [0.3, 0.4) is 0 Å². The summed E-state index contributed by atoms with van der Waals surface area (Å²) in [6.07, 6.45) is 4.57. The Labute approximate surface area is 107 Å². The summed E-state index contributed by atoms with van der Waals surface area (Å²) in [5.41, 5.74) is 2.79. The van der Waals surface area contributed by atoms with Gasteiger partial charge in [-0.2, -0.15) is 0 Å². The minimum Gasteiger partial charge on any atom is -0.480 e. The van der Waals surface area contributed by atoms with Crippen LogP contribution in [0.2, 0.25) is 0 Å². The zero-order chi connectivity index (χ0) is 12.5. The van der Waals surface area contributed by atoms with Crippen LogP contribution in [-0.4, -0.2) is 35.1 Å². The van der Waals surface area contributed by atoms with Crippen molar-refractivity contribution < 1.29 is 9.90 Å². The van der Waals surface area contributed by atoms with Gasteiger partial charge in [0.1, 0.15) is 0 Å². The lowest BCUT2D eigenvalue weighted by atomic mass is 10.1. The first-order chi connectivity index (χ1) is 8.72. The van der Waals surface area contributed by atoms with Crippen LogP contribution in [0.15, 0.2) is 24.3 Å². The first-order valence-electron chi connectivity index (χ1n) is 6.75. The van der Waals surface area contributed by atoms with E-state index in [0.29, 0.717) is 6.04 Å². The lowest BCUT2D eigenvalue weighted by molar-refractivity contribution is -0.139. The smallest absolute Gasteiger partial charge is 0.317 e. The normalized spacial score (nSPS) is 19.2. The average Bonchev–Trinajstić information content (AvgIpc) is 3.04. The molecule has 18 heavy (non-hydrogen) atoms. The van der Waals surface area contributed by atoms with Gasteiger partial charge in [-0.3, -0.25) is 9.69 Å². The van der Waals surface area contributed by atoms with Gasteiger partial charge in [0.2, 0.25) is 0 Å². The number of carboxylic acids is 1. The zero-order valence-corrected chi connectivity index (χ0v) is 10.5. The second-order valence-corrected chi connectivity index (χ2v) is 5.60. The van der Waals surface area contributed by atoms with Gasteiger partial charge in [0.15, 0.2) is 0 Å². The molecule has 0 bridgehead atoms. The van der Waals surface area contributed by atoms with Crippen LogP contribution < -0.4 is 0 Å². The topological polar surface area (TPSA) is 40.5 Å². The number of hydrogen-bond acceptors (Lipinski definition) is 2. The molecule has 0 heterocycles. The minimum atomic E-state index is -0.702. The third kappa shape index (κ3) is 2.56. The molecular formula is C15H19NO2. The molecule has 2 aliphatic rings. The van der Waals surface area contributed by atoms with Gasteiger partial charge in [0, 0.05) is 12.6 Å². The van der Waals surface area contributed by atoms with Gasteiger partial charge in [0.25, 0.3) is 0 Å². The lowest BCUT2D eigenvalue weighted by Crippen LogP contribution is -2.41. The van der Waals surface area contributed by atoms with E-state index >= 15 is 0 Å². The molecule has 1 saturated carbocycles. The zero-order valence-electron chi connectivity index (χ0n) is 10.5. The summed E-state index contributed by atoms with van der Waals surface area (Å²) in [7, 11) is 0. The standard InChI is InChI=1S/C15H19NO2/c17-15(18)10-16(9-11-5-6-11)14-7-12-3-1-2-4-13(12)8-14/h1-4,11,14H,5-10H2,(H,17,18). The molecule has 0 aromatic heterocycles. The molecule has 96 valence electrons. The average molecular weight is 245 g/mol. The van der Waals surface area contributed by atoms with Gasteiger partial charge < -0.3 is 5.11 Å². The van der Waals surface area contributed by atoms with Crippen LogP contribution in [0.5, 0.6) is 0 Å². The number of hydrogen-bond donors (Lipinski definition) is 1. The molecular weight excluding hydrogens is 226 g/mol. The fourth-order valence-corrected chi connectivity index (χ4v) is 2.94. The van der Waals surface area contributed by atoms with Crippen molar-refractivity contribution in [3.05, 3.63) is 35.4 Å². The Hall–Kier alpha value is -1.35. The highest BCUT2D eigenvalue weighted by Crippen LogP contribution is 2.32. The van der Waals surface area contributed by atoms with Crippen molar-refractivity contribution in [1.82, 2.24) is 4.90 Å². The van der Waals surface area contributed by atoms with Crippen molar-refractivity contribution in [3.8, 4) is 0 Å². The molecule has 3 rings (SSSR count). The number of nitrogens with zero attached hydrogens (tertiary/aromatic N) is 1. The second-order valence-electron chi connectivity index (χ2n) is 5.60. The van der Waals surface area contributed by atoms with Crippen molar-refractivity contribution in [2.24, 2.45) is 5.92 Å². The predicted molar refractivity (Wildman–Crippen MR) is 69.6 cm³/mol. The van der Waals surface area contributed by atoms with E-state index in [4.69, 9.17) is 5.11 Å². The quantitative estimate of drug-likeness (QED) is 0.862. The summed E-state index contributed by atoms with van der Waals surface area (Å²) in [5, 5.41) is 9.05. The highest BCUT2D eigenvalue weighted by molar-refractivity contribution is 5.69. The van der Waals surface area contributed by atoms with E-state index in [2.05, 4.69) is 29.2 Å². The minimum absolute atomic E-state index is 0.190. The van der Waals surface area contributed by atoms with Crippen molar-refractivity contribution >= 4 is 5.97 Å². The van der Waals surface area contributed by atoms with Gasteiger partial charge in [-0.15, -0.1) is 0 Å². The molecule has 1 N–H and O–H groups in total. The van der Waals surface area contributed by atoms with Gasteiger partial charge in [0.05, 0.1) is 6.54 Å². The van der Waals surface area contributed by atoms with Crippen molar-refractivity contribution in [1.29, 1.82) is 0 Å². The fraction of sp³-hybridized carbons (Fsp3) is 0.533. The molecule has 0 amide bonds. The maximum Gasteiger partial charge on any atom is 0.317 e. The Balaban J connectivity index is 1.70. The van der Waals surface area contributed by atoms with Crippen molar-refractivity contribution in [2.75, 3.05) is 13.1 Å². The predicted octanol–water partition coefficient (Wildman–Crippen LogP) is 1.95. The van der Waals surface area contributed by atoms with Gasteiger partial charge >= 0.3 is 5.97 Å². The van der Waals surface area contributed by atoms with E-state index in [-0.39, 0.29) is 6.54 Å². The van der Waals surface area contributed by atoms with Crippen LogP contribution >= 0.6 is 0 Å². The Bertz CT molecular complexity index is 429. The number of carbonyl (C=O) groups is 1. The first-order valence-corrected chi connectivity index (χ1v) is 6.75. The van der Waals surface area contributed by atoms with E-state index in [9.17, 15) is 4.79 Å². The van der Waals surface area contributed by atoms with Crippen LogP contribution in [0.4, 0.5) is 0 Å². The fourth-order valence-electron chi connectivity index (χ4n) is 2.94. The highest BCUT2D eigenvalue weighted by atomic mass is 16.4. The first kappa shape index (κ1) is 11.7. The van der Waals surface area contributed by atoms with Crippen LogP contribution in [0, 0.1) is 5.92 Å². The molecule has 1 fully saturated rings. The molecule has 1 aromatic rings. The summed E-state index contributed by atoms with van der Waals surface area (Å²) >= 11 is 0. The number of rotatable bonds is 5. The molecule has 3 heteroatoms. The molecule has 1 aromatic carbocycles. The van der Waals surface area contributed by atoms with E-state index in [0.717, 1.165) is 25.3 Å². The maximum absolute atomic E-state index is 11.0. The summed E-state index contributed by atoms with van der Waals surface area (Å²) < 4.78 is 0. The summed E-state index contributed by atoms with van der Waals surface area (Å²) in [4.78, 5) is 13.2. The largest absolute Gasteiger partial charge is 0.480 e. The Morgan fingerprint density at radius 1 is 1.22 bits per heavy atom. The molecule has 0 spiro atoms. The Morgan fingerprint density at radius 2 is 1.83 bits per heavy atom. The molecule has 0 aliphatic heterocycles. The van der Waals surface area contributed by atoms with E-state index in [1.807, 2.05) is 0 Å². The van der Waals surface area contributed by atoms with Crippen molar-refractivity contribution in [3.63, 3.8) is 0 Å². The number of benzene rings is 1. The maximum atomic E-state index is 11.0. The molecule has 0 atom stereocenters. The second kappa shape index (κ2) is 4.73. The van der Waals surface area contributed by atoms with E-state index in [1.54, 1.807) is 0 Å². The highest BCUT2D eigenvalue weighted by Gasteiger charge is 2.32. The SMILES string of the molecule is O=C(O)CN(CC1CC1)C1Cc2ccccc2C1. The van der Waals surface area contributed by atoms with E-state index in [1.165, 1.54) is 24.0 Å². The van der Waals surface area contributed by atoms with Crippen molar-refractivity contribution in [2.45, 2.75) is 31.7 Å². The van der Waals surface area contributed by atoms with Crippen LogP contribution in [0.25, 0.3) is 0 Å². The number of aliphatic carboxylic acids is 1. The monoisotopic (exact) mass is 245 g/mol. The summed E-state index contributed by atoms with van der Waals surface area (Å²) in [5.74, 6) is 0.0414. The number of carboxylic acid groups (broad SMARTS) is 1. The molecule has 0 saturated heterocycles.